The van der Waals surface area contributed by atoms with Crippen molar-refractivity contribution in [3.05, 3.63) is 42.4 Å². The van der Waals surface area contributed by atoms with Crippen LogP contribution in [0.15, 0.2) is 45.9 Å². The van der Waals surface area contributed by atoms with Gasteiger partial charge in [-0.2, -0.15) is 0 Å². The van der Waals surface area contributed by atoms with Gasteiger partial charge in [-0.15, -0.1) is 0 Å². The molecule has 2 aromatic rings. The van der Waals surface area contributed by atoms with Crippen molar-refractivity contribution in [2.24, 2.45) is 5.14 Å². The van der Waals surface area contributed by atoms with Crippen LogP contribution in [0.5, 0.6) is 5.75 Å². The second-order valence-corrected chi connectivity index (χ2v) is 6.60. The molecule has 0 spiro atoms. The van der Waals surface area contributed by atoms with Gasteiger partial charge in [-0.05, 0) is 37.3 Å². The minimum Gasteiger partial charge on any atom is -0.495 e. The molecule has 0 fully saturated rings. The second-order valence-electron chi connectivity index (χ2n) is 5.07. The highest BCUT2D eigenvalue weighted by molar-refractivity contribution is 7.89. The van der Waals surface area contributed by atoms with Crippen LogP contribution in [0.25, 0.3) is 0 Å². The van der Waals surface area contributed by atoms with E-state index in [0.29, 0.717) is 0 Å². The zero-order valence-corrected chi connectivity index (χ0v) is 14.3. The molecule has 2 amide bonds. The molecule has 4 N–H and O–H groups in total. The van der Waals surface area contributed by atoms with E-state index in [0.717, 1.165) is 0 Å². The highest BCUT2D eigenvalue weighted by Crippen LogP contribution is 2.26. The summed E-state index contributed by atoms with van der Waals surface area (Å²) in [4.78, 5) is 23.7. The summed E-state index contributed by atoms with van der Waals surface area (Å²) in [6, 6.07) is 6.10. The number of sulfonamides is 1. The molecule has 10 heteroatoms. The van der Waals surface area contributed by atoms with Crippen molar-refractivity contribution in [1.29, 1.82) is 0 Å². The first-order valence-corrected chi connectivity index (χ1v) is 8.63. The number of furan rings is 1. The minimum atomic E-state index is -4.03. The predicted molar refractivity (Wildman–Crippen MR) is 88.6 cm³/mol. The largest absolute Gasteiger partial charge is 0.495 e. The van der Waals surface area contributed by atoms with Crippen molar-refractivity contribution < 1.29 is 27.2 Å². The molecule has 2 rings (SSSR count). The van der Waals surface area contributed by atoms with E-state index in [1.165, 1.54) is 44.6 Å². The van der Waals surface area contributed by atoms with Gasteiger partial charge in [0.1, 0.15) is 16.7 Å². The molecule has 9 nitrogen and oxygen atoms in total. The molecule has 0 saturated heterocycles. The van der Waals surface area contributed by atoms with Crippen LogP contribution in [0.3, 0.4) is 0 Å². The highest BCUT2D eigenvalue weighted by atomic mass is 32.2. The molecule has 0 unspecified atom stereocenters. The highest BCUT2D eigenvalue weighted by Gasteiger charge is 2.20. The Morgan fingerprint density at radius 3 is 2.56 bits per heavy atom. The number of amides is 2. The van der Waals surface area contributed by atoms with Crippen LogP contribution in [-0.4, -0.2) is 33.4 Å². The van der Waals surface area contributed by atoms with Crippen molar-refractivity contribution in [3.63, 3.8) is 0 Å². The smallest absolute Gasteiger partial charge is 0.287 e. The number of primary sulfonamides is 1. The molecule has 0 aliphatic carbocycles. The van der Waals surface area contributed by atoms with E-state index in [1.54, 1.807) is 6.07 Å². The van der Waals surface area contributed by atoms with Crippen molar-refractivity contribution >= 4 is 27.5 Å². The van der Waals surface area contributed by atoms with Crippen LogP contribution in [0.2, 0.25) is 0 Å². The van der Waals surface area contributed by atoms with E-state index in [9.17, 15) is 18.0 Å². The summed E-state index contributed by atoms with van der Waals surface area (Å²) in [5.74, 6) is -0.974. The number of carbonyl (C=O) groups excluding carboxylic acids is 2. The number of methoxy groups -OCH3 is 1. The summed E-state index contributed by atoms with van der Waals surface area (Å²) in [6.07, 6.45) is 1.34. The Kier molecular flexibility index (Phi) is 5.45. The Morgan fingerprint density at radius 1 is 1.28 bits per heavy atom. The number of hydrogen-bond donors (Lipinski definition) is 3. The van der Waals surface area contributed by atoms with Gasteiger partial charge in [-0.25, -0.2) is 13.6 Å². The quantitative estimate of drug-likeness (QED) is 0.686. The fourth-order valence-electron chi connectivity index (χ4n) is 1.97. The molecule has 0 bridgehead atoms. The maximum Gasteiger partial charge on any atom is 0.287 e. The Bertz CT molecular complexity index is 877. The zero-order chi connectivity index (χ0) is 18.6. The van der Waals surface area contributed by atoms with E-state index in [4.69, 9.17) is 14.3 Å². The fraction of sp³-hybridized carbons (Fsp3) is 0.200. The summed E-state index contributed by atoms with van der Waals surface area (Å²) >= 11 is 0. The summed E-state index contributed by atoms with van der Waals surface area (Å²) in [5.41, 5.74) is 0.189. The number of ether oxygens (including phenoxy) is 1. The number of hydrogen-bond acceptors (Lipinski definition) is 6. The molecule has 0 saturated carbocycles. The predicted octanol–water partition coefficient (Wildman–Crippen LogP) is 0.693. The Morgan fingerprint density at radius 2 is 2.00 bits per heavy atom. The lowest BCUT2D eigenvalue weighted by Crippen LogP contribution is -2.41. The number of carbonyl (C=O) groups is 2. The van der Waals surface area contributed by atoms with Gasteiger partial charge in [0.05, 0.1) is 13.4 Å². The molecule has 0 aliphatic heterocycles. The van der Waals surface area contributed by atoms with Crippen LogP contribution < -0.4 is 20.5 Å². The molecule has 1 heterocycles. The zero-order valence-electron chi connectivity index (χ0n) is 13.5. The van der Waals surface area contributed by atoms with Crippen molar-refractivity contribution in [2.75, 3.05) is 12.4 Å². The molecule has 1 atom stereocenters. The maximum atomic E-state index is 12.2. The van der Waals surface area contributed by atoms with E-state index < -0.39 is 27.9 Å². The molecular formula is C15H17N3O6S. The third-order valence-electron chi connectivity index (χ3n) is 3.22. The van der Waals surface area contributed by atoms with E-state index in [2.05, 4.69) is 10.6 Å². The molecular weight excluding hydrogens is 350 g/mol. The molecule has 1 aromatic carbocycles. The normalized spacial score (nSPS) is 12.3. The first-order valence-electron chi connectivity index (χ1n) is 7.08. The van der Waals surface area contributed by atoms with Gasteiger partial charge in [0.2, 0.25) is 15.9 Å². The lowest BCUT2D eigenvalue weighted by Gasteiger charge is -2.14. The number of benzene rings is 1. The lowest BCUT2D eigenvalue weighted by molar-refractivity contribution is -0.117. The van der Waals surface area contributed by atoms with Gasteiger partial charge in [0.15, 0.2) is 5.76 Å². The molecule has 0 radical (unpaired) electrons. The van der Waals surface area contributed by atoms with Gasteiger partial charge >= 0.3 is 0 Å². The van der Waals surface area contributed by atoms with Crippen LogP contribution in [0.4, 0.5) is 5.69 Å². The van der Waals surface area contributed by atoms with Crippen molar-refractivity contribution in [3.8, 4) is 5.75 Å². The van der Waals surface area contributed by atoms with Gasteiger partial charge in [0, 0.05) is 5.69 Å². The Balaban J connectivity index is 2.11. The summed E-state index contributed by atoms with van der Waals surface area (Å²) in [6.45, 7) is 1.47. The Hall–Kier alpha value is -2.85. The number of nitrogens with one attached hydrogen (secondary N) is 2. The second kappa shape index (κ2) is 7.36. The van der Waals surface area contributed by atoms with E-state index in [1.807, 2.05) is 0 Å². The first-order chi connectivity index (χ1) is 11.7. The topological polar surface area (TPSA) is 141 Å². The van der Waals surface area contributed by atoms with E-state index in [-0.39, 0.29) is 22.1 Å². The van der Waals surface area contributed by atoms with Crippen molar-refractivity contribution in [1.82, 2.24) is 5.32 Å². The van der Waals surface area contributed by atoms with Crippen LogP contribution in [-0.2, 0) is 14.8 Å². The van der Waals surface area contributed by atoms with Crippen LogP contribution >= 0.6 is 0 Å². The third kappa shape index (κ3) is 4.58. The standard InChI is InChI=1S/C15H17N3O6S/c1-9(17-15(20)12-4-3-7-24-12)14(19)18-10-5-6-11(23-2)13(8-10)25(16,21)22/h3-9H,1-2H3,(H,17,20)(H,18,19)(H2,16,21,22)/t9-/m0/s1. The number of nitrogens with two attached hydrogens (primary N) is 1. The minimum absolute atomic E-state index is 0.0552. The lowest BCUT2D eigenvalue weighted by atomic mass is 10.2. The number of rotatable bonds is 6. The fourth-order valence-corrected chi connectivity index (χ4v) is 2.69. The summed E-state index contributed by atoms with van der Waals surface area (Å²) < 4.78 is 33.0. The number of anilines is 1. The van der Waals surface area contributed by atoms with Gasteiger partial charge in [0.25, 0.3) is 5.91 Å². The van der Waals surface area contributed by atoms with Gasteiger partial charge in [-0.3, -0.25) is 9.59 Å². The SMILES string of the molecule is COc1ccc(NC(=O)[C@H](C)NC(=O)c2ccco2)cc1S(N)(=O)=O. The average Bonchev–Trinajstić information content (AvgIpc) is 3.08. The Labute approximate surface area is 144 Å². The van der Waals surface area contributed by atoms with E-state index >= 15 is 0 Å². The first kappa shape index (κ1) is 18.5. The van der Waals surface area contributed by atoms with Gasteiger partial charge < -0.3 is 19.8 Å². The summed E-state index contributed by atoms with van der Waals surface area (Å²) in [7, 11) is -2.73. The van der Waals surface area contributed by atoms with Crippen LogP contribution in [0, 0.1) is 0 Å². The summed E-state index contributed by atoms with van der Waals surface area (Å²) in [5, 5.41) is 10.1. The maximum absolute atomic E-state index is 12.2. The molecule has 1 aromatic heterocycles. The van der Waals surface area contributed by atoms with Crippen molar-refractivity contribution in [2.45, 2.75) is 17.9 Å². The average molecular weight is 367 g/mol. The van der Waals surface area contributed by atoms with Crippen LogP contribution in [0.1, 0.15) is 17.5 Å². The third-order valence-corrected chi connectivity index (χ3v) is 4.16. The monoisotopic (exact) mass is 367 g/mol. The molecule has 0 aliphatic rings. The molecule has 25 heavy (non-hydrogen) atoms. The molecule has 134 valence electrons. The van der Waals surface area contributed by atoms with Gasteiger partial charge in [-0.1, -0.05) is 0 Å².